The highest BCUT2D eigenvalue weighted by Crippen LogP contribution is 2.38. The first-order valence-corrected chi connectivity index (χ1v) is 10.6. The normalized spacial score (nSPS) is 11.3. The molecular formula is C25H28N4O3. The summed E-state index contributed by atoms with van der Waals surface area (Å²) in [5.41, 5.74) is 3.67. The van der Waals surface area contributed by atoms with Crippen molar-refractivity contribution >= 4 is 27.7 Å². The Bertz CT molecular complexity index is 1260. The van der Waals surface area contributed by atoms with Gasteiger partial charge in [-0.3, -0.25) is 4.79 Å². The minimum absolute atomic E-state index is 0.190. The monoisotopic (exact) mass is 432 g/mol. The molecule has 2 N–H and O–H groups in total. The quantitative estimate of drug-likeness (QED) is 0.410. The zero-order valence-electron chi connectivity index (χ0n) is 18.9. The van der Waals surface area contributed by atoms with E-state index < -0.39 is 0 Å². The van der Waals surface area contributed by atoms with Crippen LogP contribution in [0.1, 0.15) is 16.9 Å². The Balaban J connectivity index is 1.83. The van der Waals surface area contributed by atoms with Gasteiger partial charge in [0, 0.05) is 34.5 Å². The zero-order chi connectivity index (χ0) is 22.7. The predicted molar refractivity (Wildman–Crippen MR) is 128 cm³/mol. The highest BCUT2D eigenvalue weighted by molar-refractivity contribution is 6.13. The van der Waals surface area contributed by atoms with Crippen LogP contribution in [0.2, 0.25) is 0 Å². The van der Waals surface area contributed by atoms with Gasteiger partial charge in [-0.15, -0.1) is 0 Å². The number of para-hydroxylation sites is 1. The molecule has 7 heteroatoms. The fourth-order valence-electron chi connectivity index (χ4n) is 3.84. The second-order valence-corrected chi connectivity index (χ2v) is 7.93. The number of aromatic amines is 1. The molecule has 2 aromatic carbocycles. The fourth-order valence-corrected chi connectivity index (χ4v) is 3.84. The van der Waals surface area contributed by atoms with E-state index in [0.29, 0.717) is 29.4 Å². The van der Waals surface area contributed by atoms with Crippen molar-refractivity contribution < 1.29 is 14.3 Å². The molecule has 32 heavy (non-hydrogen) atoms. The first-order valence-electron chi connectivity index (χ1n) is 10.6. The van der Waals surface area contributed by atoms with Gasteiger partial charge < -0.3 is 24.7 Å². The molecule has 166 valence electrons. The second kappa shape index (κ2) is 9.28. The number of fused-ring (bicyclic) bond motifs is 3. The van der Waals surface area contributed by atoms with Gasteiger partial charge in [-0.2, -0.15) is 0 Å². The predicted octanol–water partition coefficient (Wildman–Crippen LogP) is 4.08. The van der Waals surface area contributed by atoms with E-state index in [9.17, 15) is 4.79 Å². The summed E-state index contributed by atoms with van der Waals surface area (Å²) in [6.45, 7) is 1.50. The lowest BCUT2D eigenvalue weighted by atomic mass is 10.0. The van der Waals surface area contributed by atoms with Crippen molar-refractivity contribution in [2.24, 2.45) is 0 Å². The summed E-state index contributed by atoms with van der Waals surface area (Å²) in [6, 6.07) is 15.5. The topological polar surface area (TPSA) is 79.5 Å². The number of hydrogen-bond donors (Lipinski definition) is 2. The smallest absolute Gasteiger partial charge is 0.269 e. The van der Waals surface area contributed by atoms with Crippen LogP contribution in [0.3, 0.4) is 0 Å². The summed E-state index contributed by atoms with van der Waals surface area (Å²) in [4.78, 5) is 23.3. The van der Waals surface area contributed by atoms with Crippen LogP contribution in [0.25, 0.3) is 33.1 Å². The highest BCUT2D eigenvalue weighted by atomic mass is 16.5. The molecule has 2 aromatic heterocycles. The number of pyridine rings is 1. The molecule has 0 aliphatic rings. The standard InChI is InChI=1S/C25H28N4O3/c1-29(2)13-7-12-26-25(30)21-15-19-17-8-5-6-9-20(17)27-24(19)23(28-21)18-11-10-16(31-3)14-22(18)32-4/h5-6,8-11,14-15,27H,7,12-13H2,1-4H3,(H,26,30). The van der Waals surface area contributed by atoms with Gasteiger partial charge in [-0.1, -0.05) is 18.2 Å². The Morgan fingerprint density at radius 3 is 2.62 bits per heavy atom. The molecule has 1 amide bonds. The summed E-state index contributed by atoms with van der Waals surface area (Å²) < 4.78 is 11.0. The molecule has 0 aliphatic carbocycles. The molecule has 0 saturated heterocycles. The van der Waals surface area contributed by atoms with Crippen LogP contribution in [-0.4, -0.2) is 62.2 Å². The van der Waals surface area contributed by atoms with Crippen molar-refractivity contribution in [1.82, 2.24) is 20.2 Å². The zero-order valence-corrected chi connectivity index (χ0v) is 18.9. The number of nitrogens with one attached hydrogen (secondary N) is 2. The Morgan fingerprint density at radius 1 is 1.06 bits per heavy atom. The van der Waals surface area contributed by atoms with Crippen LogP contribution in [0, 0.1) is 0 Å². The first-order chi connectivity index (χ1) is 15.5. The van der Waals surface area contributed by atoms with Crippen LogP contribution in [0.5, 0.6) is 11.5 Å². The van der Waals surface area contributed by atoms with Crippen molar-refractivity contribution in [2.45, 2.75) is 6.42 Å². The molecule has 7 nitrogen and oxygen atoms in total. The van der Waals surface area contributed by atoms with Gasteiger partial charge in [-0.05, 0) is 51.3 Å². The number of nitrogens with zero attached hydrogens (tertiary/aromatic N) is 2. The van der Waals surface area contributed by atoms with Crippen molar-refractivity contribution in [3.63, 3.8) is 0 Å². The van der Waals surface area contributed by atoms with Gasteiger partial charge in [0.1, 0.15) is 17.2 Å². The van der Waals surface area contributed by atoms with Crippen LogP contribution in [0.4, 0.5) is 0 Å². The molecule has 0 atom stereocenters. The third kappa shape index (κ3) is 4.24. The molecule has 0 bridgehead atoms. The average Bonchev–Trinajstić information content (AvgIpc) is 3.19. The lowest BCUT2D eigenvalue weighted by Crippen LogP contribution is -2.27. The average molecular weight is 433 g/mol. The van der Waals surface area contributed by atoms with E-state index in [0.717, 1.165) is 40.3 Å². The number of carbonyl (C=O) groups is 1. The van der Waals surface area contributed by atoms with Gasteiger partial charge in [0.05, 0.1) is 25.4 Å². The lowest BCUT2D eigenvalue weighted by Gasteiger charge is -2.13. The Kier molecular flexibility index (Phi) is 6.28. The highest BCUT2D eigenvalue weighted by Gasteiger charge is 2.19. The molecule has 0 fully saturated rings. The minimum Gasteiger partial charge on any atom is -0.497 e. The summed E-state index contributed by atoms with van der Waals surface area (Å²) in [6.07, 6.45) is 0.868. The maximum atomic E-state index is 13.0. The summed E-state index contributed by atoms with van der Waals surface area (Å²) in [5.74, 6) is 1.12. The number of benzene rings is 2. The molecule has 0 saturated carbocycles. The summed E-state index contributed by atoms with van der Waals surface area (Å²) in [7, 11) is 7.26. The van der Waals surface area contributed by atoms with Crippen molar-refractivity contribution in [1.29, 1.82) is 0 Å². The van der Waals surface area contributed by atoms with Crippen molar-refractivity contribution in [3.05, 3.63) is 54.2 Å². The fraction of sp³-hybridized carbons (Fsp3) is 0.280. The van der Waals surface area contributed by atoms with E-state index in [1.165, 1.54) is 0 Å². The summed E-state index contributed by atoms with van der Waals surface area (Å²) in [5, 5.41) is 4.98. The first kappa shape index (κ1) is 21.6. The number of aromatic nitrogens is 2. The Hall–Kier alpha value is -3.58. The molecule has 0 spiro atoms. The van der Waals surface area contributed by atoms with E-state index in [-0.39, 0.29) is 5.91 Å². The van der Waals surface area contributed by atoms with Crippen LogP contribution in [-0.2, 0) is 0 Å². The SMILES string of the molecule is COc1ccc(-c2nc(C(=O)NCCCN(C)C)cc3c2[nH]c2ccccc23)c(OC)c1. The summed E-state index contributed by atoms with van der Waals surface area (Å²) >= 11 is 0. The number of amides is 1. The van der Waals surface area contributed by atoms with E-state index in [1.54, 1.807) is 14.2 Å². The van der Waals surface area contributed by atoms with Gasteiger partial charge in [-0.25, -0.2) is 4.98 Å². The van der Waals surface area contributed by atoms with E-state index in [4.69, 9.17) is 14.5 Å². The maximum Gasteiger partial charge on any atom is 0.269 e. The molecule has 0 aliphatic heterocycles. The van der Waals surface area contributed by atoms with Crippen molar-refractivity contribution in [3.8, 4) is 22.8 Å². The maximum absolute atomic E-state index is 13.0. The third-order valence-corrected chi connectivity index (χ3v) is 5.46. The Morgan fingerprint density at radius 2 is 1.88 bits per heavy atom. The van der Waals surface area contributed by atoms with Gasteiger partial charge in [0.15, 0.2) is 0 Å². The second-order valence-electron chi connectivity index (χ2n) is 7.93. The van der Waals surface area contributed by atoms with Crippen LogP contribution >= 0.6 is 0 Å². The molecule has 2 heterocycles. The molecule has 0 unspecified atom stereocenters. The number of H-pyrrole nitrogens is 1. The largest absolute Gasteiger partial charge is 0.497 e. The minimum atomic E-state index is -0.190. The van der Waals surface area contributed by atoms with Crippen LogP contribution in [0.15, 0.2) is 48.5 Å². The lowest BCUT2D eigenvalue weighted by molar-refractivity contribution is 0.0947. The molecule has 4 rings (SSSR count). The van der Waals surface area contributed by atoms with E-state index in [1.807, 2.05) is 62.6 Å². The number of methoxy groups -OCH3 is 2. The Labute approximate surface area is 187 Å². The van der Waals surface area contributed by atoms with Gasteiger partial charge in [0.25, 0.3) is 5.91 Å². The molecule has 0 radical (unpaired) electrons. The number of rotatable bonds is 8. The number of hydrogen-bond acceptors (Lipinski definition) is 5. The number of ether oxygens (including phenoxy) is 2. The van der Waals surface area contributed by atoms with E-state index >= 15 is 0 Å². The molecule has 4 aromatic rings. The van der Waals surface area contributed by atoms with E-state index in [2.05, 4.69) is 15.2 Å². The van der Waals surface area contributed by atoms with Gasteiger partial charge >= 0.3 is 0 Å². The molecular weight excluding hydrogens is 404 g/mol. The number of carbonyl (C=O) groups excluding carboxylic acids is 1. The van der Waals surface area contributed by atoms with Crippen molar-refractivity contribution in [2.75, 3.05) is 41.4 Å². The van der Waals surface area contributed by atoms with Gasteiger partial charge in [0.2, 0.25) is 0 Å². The van der Waals surface area contributed by atoms with Crippen LogP contribution < -0.4 is 14.8 Å². The third-order valence-electron chi connectivity index (χ3n) is 5.46.